The first-order valence-electron chi connectivity index (χ1n) is 4.51. The molecule has 3 rings (SSSR count). The first-order chi connectivity index (χ1) is 6.20. The van der Waals surface area contributed by atoms with E-state index in [0.29, 0.717) is 16.3 Å². The Morgan fingerprint density at radius 3 is 2.54 bits per heavy atom. The topological polar surface area (TPSA) is 37.3 Å². The van der Waals surface area contributed by atoms with Crippen LogP contribution >= 0.6 is 15.9 Å². The van der Waals surface area contributed by atoms with Crippen molar-refractivity contribution in [1.29, 1.82) is 0 Å². The molecule has 0 aromatic carbocycles. The van der Waals surface area contributed by atoms with E-state index in [1.54, 1.807) is 0 Å². The average molecular weight is 241 g/mol. The normalized spacial score (nSPS) is 46.4. The van der Waals surface area contributed by atoms with Crippen molar-refractivity contribution >= 4 is 21.7 Å². The first-order valence-corrected chi connectivity index (χ1v) is 5.30. The summed E-state index contributed by atoms with van der Waals surface area (Å²) in [5, 5.41) is 9.74. The number of allylic oxidation sites excluding steroid dienone is 4. The maximum atomic E-state index is 11.7. The predicted octanol–water partition coefficient (Wildman–Crippen LogP) is 2.17. The van der Waals surface area contributed by atoms with Gasteiger partial charge in [0.25, 0.3) is 0 Å². The Labute approximate surface area is 84.5 Å². The second kappa shape index (κ2) is 2.27. The van der Waals surface area contributed by atoms with Gasteiger partial charge in [0.1, 0.15) is 5.76 Å². The lowest BCUT2D eigenvalue weighted by Gasteiger charge is -2.18. The van der Waals surface area contributed by atoms with E-state index in [1.165, 1.54) is 0 Å². The number of hydrogen-bond acceptors (Lipinski definition) is 2. The van der Waals surface area contributed by atoms with Crippen LogP contribution in [0.2, 0.25) is 0 Å². The first kappa shape index (κ1) is 7.80. The molecule has 68 valence electrons. The summed E-state index contributed by atoms with van der Waals surface area (Å²) in [5.74, 6) is 1.26. The molecule has 0 radical (unpaired) electrons. The van der Waals surface area contributed by atoms with Crippen molar-refractivity contribution in [2.24, 2.45) is 23.7 Å². The SMILES string of the molecule is O=C1C(Br)=C(O)[C@H]2[C@@H]1[C@H]1C=C[C@H]2C1. The number of rotatable bonds is 0. The standard InChI is InChI=1S/C10H9BrO2/c11-8-9(12)6-4-1-2-5(3-4)7(6)10(8)13/h1-2,4-7,12H,3H2/t4-,5-,6+,7-/m0/s1. The van der Waals surface area contributed by atoms with Crippen LogP contribution in [-0.4, -0.2) is 10.9 Å². The molecule has 4 atom stereocenters. The third kappa shape index (κ3) is 0.766. The number of fused-ring (bicyclic) bond motifs is 5. The van der Waals surface area contributed by atoms with Gasteiger partial charge >= 0.3 is 0 Å². The molecule has 2 bridgehead atoms. The number of Topliss-reactive ketones (excluding diaryl/α,β-unsaturated/α-hetero) is 1. The molecule has 0 aromatic heterocycles. The molecule has 1 N–H and O–H groups in total. The lowest BCUT2D eigenvalue weighted by atomic mass is 9.84. The zero-order valence-electron chi connectivity index (χ0n) is 6.90. The van der Waals surface area contributed by atoms with Crippen LogP contribution < -0.4 is 0 Å². The largest absolute Gasteiger partial charge is 0.511 e. The fourth-order valence-electron chi connectivity index (χ4n) is 2.97. The number of hydrogen-bond donors (Lipinski definition) is 1. The Hall–Kier alpha value is -0.570. The van der Waals surface area contributed by atoms with Gasteiger partial charge in [0, 0.05) is 11.8 Å². The van der Waals surface area contributed by atoms with E-state index in [9.17, 15) is 9.90 Å². The third-order valence-electron chi connectivity index (χ3n) is 3.52. The molecule has 2 nitrogen and oxygen atoms in total. The number of aliphatic hydroxyl groups is 1. The van der Waals surface area contributed by atoms with Crippen molar-refractivity contribution in [3.63, 3.8) is 0 Å². The Morgan fingerprint density at radius 1 is 1.31 bits per heavy atom. The summed E-state index contributed by atoms with van der Waals surface area (Å²) in [5.41, 5.74) is 0. The van der Waals surface area contributed by atoms with Gasteiger partial charge in [-0.2, -0.15) is 0 Å². The third-order valence-corrected chi connectivity index (χ3v) is 4.32. The fraction of sp³-hybridized carbons (Fsp3) is 0.500. The van der Waals surface area contributed by atoms with Gasteiger partial charge in [0.2, 0.25) is 0 Å². The fourth-order valence-corrected chi connectivity index (χ4v) is 3.50. The van der Waals surface area contributed by atoms with Crippen LogP contribution in [0.1, 0.15) is 6.42 Å². The lowest BCUT2D eigenvalue weighted by Crippen LogP contribution is -2.21. The number of halogens is 1. The van der Waals surface area contributed by atoms with E-state index in [1.807, 2.05) is 0 Å². The minimum Gasteiger partial charge on any atom is -0.511 e. The van der Waals surface area contributed by atoms with E-state index < -0.39 is 0 Å². The molecular weight excluding hydrogens is 232 g/mol. The number of aliphatic hydroxyl groups excluding tert-OH is 1. The molecule has 0 amide bonds. The van der Waals surface area contributed by atoms with Crippen LogP contribution in [0.4, 0.5) is 0 Å². The monoisotopic (exact) mass is 240 g/mol. The summed E-state index contributed by atoms with van der Waals surface area (Å²) in [6, 6.07) is 0. The Morgan fingerprint density at radius 2 is 1.92 bits per heavy atom. The van der Waals surface area contributed by atoms with Crippen molar-refractivity contribution in [2.45, 2.75) is 6.42 Å². The lowest BCUT2D eigenvalue weighted by molar-refractivity contribution is -0.119. The molecule has 0 aromatic rings. The molecule has 0 saturated heterocycles. The second-order valence-corrected chi connectivity index (χ2v) is 4.86. The van der Waals surface area contributed by atoms with E-state index in [4.69, 9.17) is 0 Å². The number of ketones is 1. The molecular formula is C10H9BrO2. The summed E-state index contributed by atoms with van der Waals surface area (Å²) in [7, 11) is 0. The molecule has 0 heterocycles. The van der Waals surface area contributed by atoms with Gasteiger partial charge in [-0.1, -0.05) is 12.2 Å². The van der Waals surface area contributed by atoms with Crippen LogP contribution in [0.3, 0.4) is 0 Å². The highest BCUT2D eigenvalue weighted by Gasteiger charge is 2.54. The van der Waals surface area contributed by atoms with Gasteiger partial charge in [-0.15, -0.1) is 0 Å². The minimum absolute atomic E-state index is 0.0318. The van der Waals surface area contributed by atoms with Crippen LogP contribution in [0.25, 0.3) is 0 Å². The van der Waals surface area contributed by atoms with Gasteiger partial charge in [-0.05, 0) is 34.2 Å². The maximum Gasteiger partial charge on any atom is 0.177 e. The van der Waals surface area contributed by atoms with E-state index in [2.05, 4.69) is 28.1 Å². The van der Waals surface area contributed by atoms with E-state index in [0.717, 1.165) is 6.42 Å². The molecule has 3 aliphatic rings. The Bertz CT molecular complexity index is 356. The van der Waals surface area contributed by atoms with Crippen LogP contribution in [0.15, 0.2) is 22.4 Å². The summed E-state index contributed by atoms with van der Waals surface area (Å²) >= 11 is 3.16. The predicted molar refractivity (Wildman–Crippen MR) is 51.3 cm³/mol. The quantitative estimate of drug-likeness (QED) is 0.660. The van der Waals surface area contributed by atoms with Gasteiger partial charge in [-0.25, -0.2) is 0 Å². The van der Waals surface area contributed by atoms with Crippen LogP contribution in [0.5, 0.6) is 0 Å². The maximum absolute atomic E-state index is 11.7. The molecule has 1 saturated carbocycles. The Kier molecular flexibility index (Phi) is 1.36. The highest BCUT2D eigenvalue weighted by Crippen LogP contribution is 2.56. The molecule has 0 unspecified atom stereocenters. The minimum atomic E-state index is 0.0318. The van der Waals surface area contributed by atoms with Crippen LogP contribution in [0, 0.1) is 23.7 Å². The zero-order chi connectivity index (χ0) is 9.16. The van der Waals surface area contributed by atoms with Crippen molar-refractivity contribution in [3.05, 3.63) is 22.4 Å². The number of carbonyl (C=O) groups excluding carboxylic acids is 1. The van der Waals surface area contributed by atoms with Gasteiger partial charge in [-0.3, -0.25) is 4.79 Å². The van der Waals surface area contributed by atoms with Gasteiger partial charge in [0.05, 0.1) is 4.48 Å². The van der Waals surface area contributed by atoms with Crippen molar-refractivity contribution < 1.29 is 9.90 Å². The highest BCUT2D eigenvalue weighted by atomic mass is 79.9. The molecule has 0 aliphatic heterocycles. The van der Waals surface area contributed by atoms with Crippen molar-refractivity contribution in [2.75, 3.05) is 0 Å². The average Bonchev–Trinajstić information content (AvgIpc) is 2.76. The molecule has 3 heteroatoms. The molecule has 1 fully saturated rings. The van der Waals surface area contributed by atoms with Crippen molar-refractivity contribution in [3.8, 4) is 0 Å². The van der Waals surface area contributed by atoms with Gasteiger partial charge < -0.3 is 5.11 Å². The Balaban J connectivity index is 2.11. The summed E-state index contributed by atoms with van der Waals surface area (Å²) in [6.45, 7) is 0. The molecule has 0 spiro atoms. The second-order valence-electron chi connectivity index (χ2n) is 4.06. The molecule has 3 aliphatic carbocycles. The van der Waals surface area contributed by atoms with Gasteiger partial charge in [0.15, 0.2) is 5.78 Å². The van der Waals surface area contributed by atoms with Crippen LogP contribution in [-0.2, 0) is 4.79 Å². The van der Waals surface area contributed by atoms with E-state index >= 15 is 0 Å². The summed E-state index contributed by atoms with van der Waals surface area (Å²) in [4.78, 5) is 11.7. The van der Waals surface area contributed by atoms with Crippen molar-refractivity contribution in [1.82, 2.24) is 0 Å². The highest BCUT2D eigenvalue weighted by molar-refractivity contribution is 9.12. The van der Waals surface area contributed by atoms with E-state index in [-0.39, 0.29) is 23.4 Å². The zero-order valence-corrected chi connectivity index (χ0v) is 8.49. The number of carbonyl (C=O) groups is 1. The summed E-state index contributed by atoms with van der Waals surface area (Å²) in [6.07, 6.45) is 5.31. The molecule has 13 heavy (non-hydrogen) atoms. The summed E-state index contributed by atoms with van der Waals surface area (Å²) < 4.78 is 0.417. The smallest absolute Gasteiger partial charge is 0.177 e.